The fourth-order valence-electron chi connectivity index (χ4n) is 1.65. The zero-order valence-electron chi connectivity index (χ0n) is 9.19. The van der Waals surface area contributed by atoms with E-state index in [1.54, 1.807) is 0 Å². The Morgan fingerprint density at radius 1 is 1.33 bits per heavy atom. The van der Waals surface area contributed by atoms with Gasteiger partial charge in [-0.05, 0) is 31.2 Å². The average molecular weight is 335 g/mol. The standard InChI is InChI=1S/C12H17Br2N/c1-3-4-5-12(15-2)10-7-6-9(13)8-11(10)14/h6-8,12,15H,3-5H2,1-2H3. The summed E-state index contributed by atoms with van der Waals surface area (Å²) in [6.45, 7) is 2.23. The van der Waals surface area contributed by atoms with E-state index in [0.29, 0.717) is 6.04 Å². The third kappa shape index (κ3) is 3.89. The molecule has 1 rings (SSSR count). The zero-order chi connectivity index (χ0) is 11.3. The summed E-state index contributed by atoms with van der Waals surface area (Å²) in [7, 11) is 2.02. The summed E-state index contributed by atoms with van der Waals surface area (Å²) in [6.07, 6.45) is 3.69. The molecule has 84 valence electrons. The maximum atomic E-state index is 3.61. The summed E-state index contributed by atoms with van der Waals surface area (Å²) >= 11 is 7.08. The number of hydrogen-bond acceptors (Lipinski definition) is 1. The molecule has 1 atom stereocenters. The molecule has 0 aliphatic heterocycles. The van der Waals surface area contributed by atoms with E-state index in [1.807, 2.05) is 7.05 Å². The second-order valence-electron chi connectivity index (χ2n) is 3.65. The van der Waals surface area contributed by atoms with E-state index in [1.165, 1.54) is 29.3 Å². The Morgan fingerprint density at radius 3 is 2.60 bits per heavy atom. The fraction of sp³-hybridized carbons (Fsp3) is 0.500. The molecule has 0 saturated heterocycles. The predicted molar refractivity (Wildman–Crippen MR) is 73.2 cm³/mol. The molecule has 1 N–H and O–H groups in total. The van der Waals surface area contributed by atoms with E-state index in [2.05, 4.69) is 62.3 Å². The van der Waals surface area contributed by atoms with Crippen LogP contribution < -0.4 is 5.32 Å². The van der Waals surface area contributed by atoms with Gasteiger partial charge in [-0.1, -0.05) is 57.7 Å². The summed E-state index contributed by atoms with van der Waals surface area (Å²) in [5, 5.41) is 3.37. The molecule has 0 bridgehead atoms. The van der Waals surface area contributed by atoms with Gasteiger partial charge in [0.15, 0.2) is 0 Å². The van der Waals surface area contributed by atoms with Crippen LogP contribution in [0, 0.1) is 0 Å². The molecule has 1 nitrogen and oxygen atoms in total. The number of nitrogens with one attached hydrogen (secondary N) is 1. The van der Waals surface area contributed by atoms with Gasteiger partial charge in [-0.15, -0.1) is 0 Å². The summed E-state index contributed by atoms with van der Waals surface area (Å²) in [5.74, 6) is 0. The van der Waals surface area contributed by atoms with Crippen molar-refractivity contribution in [1.82, 2.24) is 5.32 Å². The van der Waals surface area contributed by atoms with Gasteiger partial charge < -0.3 is 5.32 Å². The summed E-state index contributed by atoms with van der Waals surface area (Å²) in [6, 6.07) is 6.82. The monoisotopic (exact) mass is 333 g/mol. The van der Waals surface area contributed by atoms with Crippen molar-refractivity contribution in [3.05, 3.63) is 32.7 Å². The van der Waals surface area contributed by atoms with E-state index < -0.39 is 0 Å². The van der Waals surface area contributed by atoms with E-state index in [-0.39, 0.29) is 0 Å². The number of halogens is 2. The molecule has 0 spiro atoms. The van der Waals surface area contributed by atoms with Crippen molar-refractivity contribution in [3.63, 3.8) is 0 Å². The van der Waals surface area contributed by atoms with Gasteiger partial charge >= 0.3 is 0 Å². The predicted octanol–water partition coefficient (Wildman–Crippen LogP) is 4.66. The number of benzene rings is 1. The van der Waals surface area contributed by atoms with Crippen LogP contribution in [-0.2, 0) is 0 Å². The van der Waals surface area contributed by atoms with Crippen molar-refractivity contribution >= 4 is 31.9 Å². The molecule has 1 aromatic carbocycles. The van der Waals surface area contributed by atoms with Gasteiger partial charge in [-0.25, -0.2) is 0 Å². The maximum Gasteiger partial charge on any atom is 0.0328 e. The first-order valence-corrected chi connectivity index (χ1v) is 6.89. The molecule has 0 amide bonds. The molecule has 1 aromatic rings. The van der Waals surface area contributed by atoms with Crippen LogP contribution in [0.15, 0.2) is 27.1 Å². The molecule has 15 heavy (non-hydrogen) atoms. The van der Waals surface area contributed by atoms with Crippen molar-refractivity contribution in [2.75, 3.05) is 7.05 Å². The van der Waals surface area contributed by atoms with Crippen LogP contribution in [0.3, 0.4) is 0 Å². The Hall–Kier alpha value is 0.140. The molecule has 3 heteroatoms. The second-order valence-corrected chi connectivity index (χ2v) is 5.42. The van der Waals surface area contributed by atoms with Gasteiger partial charge in [0, 0.05) is 15.0 Å². The lowest BCUT2D eigenvalue weighted by Gasteiger charge is -2.18. The summed E-state index contributed by atoms with van der Waals surface area (Å²) in [4.78, 5) is 0. The Bertz CT molecular complexity index is 312. The second kappa shape index (κ2) is 6.66. The van der Waals surface area contributed by atoms with Crippen LogP contribution in [0.25, 0.3) is 0 Å². The first kappa shape index (κ1) is 13.2. The molecular weight excluding hydrogens is 318 g/mol. The molecule has 0 aromatic heterocycles. The van der Waals surface area contributed by atoms with Crippen LogP contribution >= 0.6 is 31.9 Å². The third-order valence-corrected chi connectivity index (χ3v) is 3.71. The number of rotatable bonds is 5. The number of unbranched alkanes of at least 4 members (excludes halogenated alkanes) is 1. The highest BCUT2D eigenvalue weighted by atomic mass is 79.9. The van der Waals surface area contributed by atoms with Crippen LogP contribution in [-0.4, -0.2) is 7.05 Å². The minimum Gasteiger partial charge on any atom is -0.313 e. The normalized spacial score (nSPS) is 12.8. The lowest BCUT2D eigenvalue weighted by Crippen LogP contribution is -2.16. The van der Waals surface area contributed by atoms with Gasteiger partial charge in [0.05, 0.1) is 0 Å². The van der Waals surface area contributed by atoms with Crippen molar-refractivity contribution < 1.29 is 0 Å². The molecule has 0 saturated carbocycles. The van der Waals surface area contributed by atoms with Gasteiger partial charge in [-0.2, -0.15) is 0 Å². The van der Waals surface area contributed by atoms with Gasteiger partial charge in [-0.3, -0.25) is 0 Å². The Balaban J connectivity index is 2.81. The fourth-order valence-corrected chi connectivity index (χ4v) is 2.97. The average Bonchev–Trinajstić information content (AvgIpc) is 2.21. The smallest absolute Gasteiger partial charge is 0.0328 e. The number of hydrogen-bond donors (Lipinski definition) is 1. The highest BCUT2D eigenvalue weighted by molar-refractivity contribution is 9.11. The van der Waals surface area contributed by atoms with Crippen molar-refractivity contribution in [2.24, 2.45) is 0 Å². The first-order valence-electron chi connectivity index (χ1n) is 5.31. The highest BCUT2D eigenvalue weighted by Gasteiger charge is 2.11. The Labute approximate surface area is 109 Å². The molecule has 0 aliphatic rings. The zero-order valence-corrected chi connectivity index (χ0v) is 12.4. The quantitative estimate of drug-likeness (QED) is 0.825. The van der Waals surface area contributed by atoms with E-state index in [9.17, 15) is 0 Å². The van der Waals surface area contributed by atoms with Crippen LogP contribution in [0.1, 0.15) is 37.8 Å². The van der Waals surface area contributed by atoms with Gasteiger partial charge in [0.2, 0.25) is 0 Å². The first-order chi connectivity index (χ1) is 7.19. The van der Waals surface area contributed by atoms with Crippen molar-refractivity contribution in [3.8, 4) is 0 Å². The minimum atomic E-state index is 0.451. The molecule has 0 heterocycles. The third-order valence-electron chi connectivity index (χ3n) is 2.53. The highest BCUT2D eigenvalue weighted by Crippen LogP contribution is 2.29. The van der Waals surface area contributed by atoms with Crippen LogP contribution in [0.4, 0.5) is 0 Å². The molecular formula is C12H17Br2N. The van der Waals surface area contributed by atoms with E-state index in [0.717, 1.165) is 4.47 Å². The topological polar surface area (TPSA) is 12.0 Å². The van der Waals surface area contributed by atoms with Crippen molar-refractivity contribution in [1.29, 1.82) is 0 Å². The van der Waals surface area contributed by atoms with Gasteiger partial charge in [0.1, 0.15) is 0 Å². The van der Waals surface area contributed by atoms with E-state index in [4.69, 9.17) is 0 Å². The minimum absolute atomic E-state index is 0.451. The van der Waals surface area contributed by atoms with Gasteiger partial charge in [0.25, 0.3) is 0 Å². The Morgan fingerprint density at radius 2 is 2.07 bits per heavy atom. The molecule has 0 radical (unpaired) electrons. The van der Waals surface area contributed by atoms with Crippen LogP contribution in [0.2, 0.25) is 0 Å². The maximum absolute atomic E-state index is 3.61. The molecule has 1 unspecified atom stereocenters. The largest absolute Gasteiger partial charge is 0.313 e. The SMILES string of the molecule is CCCCC(NC)c1ccc(Br)cc1Br. The Kier molecular flexibility index (Phi) is 5.87. The summed E-state index contributed by atoms with van der Waals surface area (Å²) < 4.78 is 2.29. The van der Waals surface area contributed by atoms with Crippen molar-refractivity contribution in [2.45, 2.75) is 32.2 Å². The molecule has 0 aliphatic carbocycles. The van der Waals surface area contributed by atoms with Crippen LogP contribution in [0.5, 0.6) is 0 Å². The lowest BCUT2D eigenvalue weighted by molar-refractivity contribution is 0.521. The summed E-state index contributed by atoms with van der Waals surface area (Å²) in [5.41, 5.74) is 1.34. The molecule has 0 fully saturated rings. The lowest BCUT2D eigenvalue weighted by atomic mass is 10.0. The van der Waals surface area contributed by atoms with E-state index >= 15 is 0 Å².